The summed E-state index contributed by atoms with van der Waals surface area (Å²) in [4.78, 5) is 0. The van der Waals surface area contributed by atoms with E-state index in [1.807, 2.05) is 13.8 Å². The predicted octanol–water partition coefficient (Wildman–Crippen LogP) is 4.72. The first-order valence-corrected chi connectivity index (χ1v) is 6.75. The number of fused-ring (bicyclic) bond motifs is 1. The van der Waals surface area contributed by atoms with Crippen molar-refractivity contribution in [1.29, 1.82) is 0 Å². The smallest absolute Gasteiger partial charge is 0.0243 e. The standard InChI is InChI=1S/C14H20.C2H6/c1-10(2)14-9-13-7-5-4-6-12(13)8-11(14)3;1-2/h4-7,10-11,14H,8-9H2,1-3H3;1-2H3. The Labute approximate surface area is 101 Å². The van der Waals surface area contributed by atoms with Crippen LogP contribution in [0.5, 0.6) is 0 Å². The van der Waals surface area contributed by atoms with Crippen LogP contribution in [0.4, 0.5) is 0 Å². The summed E-state index contributed by atoms with van der Waals surface area (Å²) in [6.07, 6.45) is 2.56. The van der Waals surface area contributed by atoms with Gasteiger partial charge in [0.05, 0.1) is 0 Å². The molecule has 0 aromatic heterocycles. The van der Waals surface area contributed by atoms with E-state index in [4.69, 9.17) is 0 Å². The Kier molecular flexibility index (Phi) is 5.05. The molecule has 2 rings (SSSR count). The van der Waals surface area contributed by atoms with Crippen molar-refractivity contribution in [3.63, 3.8) is 0 Å². The van der Waals surface area contributed by atoms with Gasteiger partial charge in [0.15, 0.2) is 0 Å². The van der Waals surface area contributed by atoms with Gasteiger partial charge < -0.3 is 0 Å². The first-order chi connectivity index (χ1) is 7.68. The van der Waals surface area contributed by atoms with E-state index in [-0.39, 0.29) is 0 Å². The third-order valence-corrected chi connectivity index (χ3v) is 3.70. The van der Waals surface area contributed by atoms with Gasteiger partial charge in [-0.1, -0.05) is 58.9 Å². The lowest BCUT2D eigenvalue weighted by atomic mass is 9.72. The molecule has 1 aromatic rings. The van der Waals surface area contributed by atoms with E-state index in [2.05, 4.69) is 45.0 Å². The average Bonchev–Trinajstić information content (AvgIpc) is 2.30. The molecule has 0 N–H and O–H groups in total. The Morgan fingerprint density at radius 3 is 2.00 bits per heavy atom. The summed E-state index contributed by atoms with van der Waals surface area (Å²) in [5, 5.41) is 0. The maximum Gasteiger partial charge on any atom is -0.0243 e. The monoisotopic (exact) mass is 218 g/mol. The van der Waals surface area contributed by atoms with Crippen molar-refractivity contribution in [2.45, 2.75) is 47.5 Å². The molecule has 2 unspecified atom stereocenters. The van der Waals surface area contributed by atoms with Crippen molar-refractivity contribution < 1.29 is 0 Å². The van der Waals surface area contributed by atoms with Gasteiger partial charge in [-0.05, 0) is 41.7 Å². The normalized spacial score (nSPS) is 23.4. The molecule has 1 aliphatic carbocycles. The summed E-state index contributed by atoms with van der Waals surface area (Å²) >= 11 is 0. The van der Waals surface area contributed by atoms with E-state index in [0.29, 0.717) is 0 Å². The molecular formula is C16H26. The van der Waals surface area contributed by atoms with Crippen LogP contribution in [0, 0.1) is 17.8 Å². The van der Waals surface area contributed by atoms with Crippen LogP contribution in [0.3, 0.4) is 0 Å². The van der Waals surface area contributed by atoms with Crippen LogP contribution in [0.1, 0.15) is 45.7 Å². The molecule has 0 heteroatoms. The second-order valence-electron chi connectivity index (χ2n) is 5.06. The molecule has 0 fully saturated rings. The highest BCUT2D eigenvalue weighted by atomic mass is 14.3. The fourth-order valence-electron chi connectivity index (χ4n) is 2.80. The Morgan fingerprint density at radius 1 is 1.00 bits per heavy atom. The van der Waals surface area contributed by atoms with Gasteiger partial charge in [0, 0.05) is 0 Å². The fourth-order valence-corrected chi connectivity index (χ4v) is 2.80. The van der Waals surface area contributed by atoms with Gasteiger partial charge in [-0.15, -0.1) is 0 Å². The zero-order valence-corrected chi connectivity index (χ0v) is 11.5. The Hall–Kier alpha value is -0.780. The van der Waals surface area contributed by atoms with Gasteiger partial charge in [-0.25, -0.2) is 0 Å². The average molecular weight is 218 g/mol. The summed E-state index contributed by atoms with van der Waals surface area (Å²) < 4.78 is 0. The van der Waals surface area contributed by atoms with Crippen LogP contribution in [-0.2, 0) is 12.8 Å². The van der Waals surface area contributed by atoms with Crippen LogP contribution in [0.25, 0.3) is 0 Å². The quantitative estimate of drug-likeness (QED) is 0.640. The van der Waals surface area contributed by atoms with Crippen LogP contribution in [-0.4, -0.2) is 0 Å². The van der Waals surface area contributed by atoms with E-state index in [9.17, 15) is 0 Å². The molecule has 90 valence electrons. The molecule has 0 bridgehead atoms. The van der Waals surface area contributed by atoms with E-state index in [1.165, 1.54) is 12.8 Å². The van der Waals surface area contributed by atoms with Crippen LogP contribution in [0.15, 0.2) is 24.3 Å². The minimum Gasteiger partial charge on any atom is -0.0683 e. The van der Waals surface area contributed by atoms with Gasteiger partial charge in [0.2, 0.25) is 0 Å². The molecule has 1 aromatic carbocycles. The highest BCUT2D eigenvalue weighted by Gasteiger charge is 2.26. The Morgan fingerprint density at radius 2 is 1.50 bits per heavy atom. The topological polar surface area (TPSA) is 0 Å². The maximum atomic E-state index is 2.40. The minimum absolute atomic E-state index is 0.818. The second-order valence-corrected chi connectivity index (χ2v) is 5.06. The van der Waals surface area contributed by atoms with E-state index in [1.54, 1.807) is 11.1 Å². The van der Waals surface area contributed by atoms with Gasteiger partial charge in [0.25, 0.3) is 0 Å². The van der Waals surface area contributed by atoms with Crippen molar-refractivity contribution >= 4 is 0 Å². The molecule has 0 nitrogen and oxygen atoms in total. The first kappa shape index (κ1) is 13.3. The number of hydrogen-bond donors (Lipinski definition) is 0. The van der Waals surface area contributed by atoms with E-state index >= 15 is 0 Å². The van der Waals surface area contributed by atoms with Gasteiger partial charge in [-0.3, -0.25) is 0 Å². The molecule has 0 spiro atoms. The van der Waals surface area contributed by atoms with Crippen LogP contribution < -0.4 is 0 Å². The van der Waals surface area contributed by atoms with Gasteiger partial charge >= 0.3 is 0 Å². The molecule has 0 radical (unpaired) electrons. The summed E-state index contributed by atoms with van der Waals surface area (Å²) in [7, 11) is 0. The zero-order chi connectivity index (χ0) is 12.1. The van der Waals surface area contributed by atoms with E-state index < -0.39 is 0 Å². The highest BCUT2D eigenvalue weighted by Crippen LogP contribution is 2.34. The molecule has 0 saturated carbocycles. The predicted molar refractivity (Wildman–Crippen MR) is 72.7 cm³/mol. The Balaban J connectivity index is 0.000000606. The molecular weight excluding hydrogens is 192 g/mol. The molecule has 1 aliphatic rings. The van der Waals surface area contributed by atoms with Gasteiger partial charge in [-0.2, -0.15) is 0 Å². The van der Waals surface area contributed by atoms with E-state index in [0.717, 1.165) is 17.8 Å². The summed E-state index contributed by atoms with van der Waals surface area (Å²) in [5.74, 6) is 2.55. The molecule has 0 amide bonds. The second kappa shape index (κ2) is 6.08. The molecule has 0 heterocycles. The van der Waals surface area contributed by atoms with Crippen molar-refractivity contribution in [3.05, 3.63) is 35.4 Å². The Bertz CT molecular complexity index is 312. The molecule has 0 saturated heterocycles. The van der Waals surface area contributed by atoms with Crippen LogP contribution in [0.2, 0.25) is 0 Å². The summed E-state index contributed by atoms with van der Waals surface area (Å²) in [5.41, 5.74) is 3.17. The van der Waals surface area contributed by atoms with Crippen molar-refractivity contribution in [1.82, 2.24) is 0 Å². The van der Waals surface area contributed by atoms with Crippen LogP contribution >= 0.6 is 0 Å². The maximum absolute atomic E-state index is 2.40. The minimum atomic E-state index is 0.818. The zero-order valence-electron chi connectivity index (χ0n) is 11.5. The summed E-state index contributed by atoms with van der Waals surface area (Å²) in [6.45, 7) is 11.1. The summed E-state index contributed by atoms with van der Waals surface area (Å²) in [6, 6.07) is 8.94. The largest absolute Gasteiger partial charge is 0.0683 e. The molecule has 2 atom stereocenters. The number of benzene rings is 1. The first-order valence-electron chi connectivity index (χ1n) is 6.75. The third kappa shape index (κ3) is 2.87. The lowest BCUT2D eigenvalue weighted by Gasteiger charge is -2.33. The van der Waals surface area contributed by atoms with Gasteiger partial charge in [0.1, 0.15) is 0 Å². The lowest BCUT2D eigenvalue weighted by Crippen LogP contribution is -2.27. The molecule has 0 aliphatic heterocycles. The van der Waals surface area contributed by atoms with Crippen molar-refractivity contribution in [3.8, 4) is 0 Å². The number of hydrogen-bond acceptors (Lipinski definition) is 0. The SMILES string of the molecule is CC.CC(C)C1Cc2ccccc2CC1C. The third-order valence-electron chi connectivity index (χ3n) is 3.70. The highest BCUT2D eigenvalue weighted by molar-refractivity contribution is 5.30. The number of rotatable bonds is 1. The van der Waals surface area contributed by atoms with Crippen molar-refractivity contribution in [2.24, 2.45) is 17.8 Å². The van der Waals surface area contributed by atoms with Crippen molar-refractivity contribution in [2.75, 3.05) is 0 Å². The lowest BCUT2D eigenvalue weighted by molar-refractivity contribution is 0.252. The molecule has 16 heavy (non-hydrogen) atoms. The fraction of sp³-hybridized carbons (Fsp3) is 0.625.